The minimum atomic E-state index is -0.0483. The lowest BCUT2D eigenvalue weighted by Crippen LogP contribution is -2.20. The average Bonchev–Trinajstić information content (AvgIpc) is 3.60. The second-order valence-corrected chi connectivity index (χ2v) is 8.56. The number of fused-ring (bicyclic) bond motifs is 2. The molecule has 0 aliphatic rings. The topological polar surface area (TPSA) is 115 Å². The van der Waals surface area contributed by atoms with Crippen LogP contribution in [0.1, 0.15) is 30.8 Å². The van der Waals surface area contributed by atoms with Gasteiger partial charge in [0.1, 0.15) is 5.52 Å². The third kappa shape index (κ3) is 4.38. The number of aromatic amines is 1. The summed E-state index contributed by atoms with van der Waals surface area (Å²) in [7, 11) is 0. The summed E-state index contributed by atoms with van der Waals surface area (Å²) in [5, 5.41) is 15.3. The van der Waals surface area contributed by atoms with Gasteiger partial charge in [-0.15, -0.1) is 22.6 Å². The molecule has 0 bridgehead atoms. The molecule has 10 heteroatoms. The highest BCUT2D eigenvalue weighted by Gasteiger charge is 2.16. The Kier molecular flexibility index (Phi) is 6.54. The van der Waals surface area contributed by atoms with E-state index in [0.717, 1.165) is 51.8 Å². The van der Waals surface area contributed by atoms with Gasteiger partial charge >= 0.3 is 0 Å². The van der Waals surface area contributed by atoms with Crippen molar-refractivity contribution in [3.05, 3.63) is 88.0 Å². The normalized spacial score (nSPS) is 11.2. The summed E-state index contributed by atoms with van der Waals surface area (Å²) < 4.78 is 7.89. The van der Waals surface area contributed by atoms with Crippen molar-refractivity contribution in [2.75, 3.05) is 0 Å². The van der Waals surface area contributed by atoms with Crippen LogP contribution in [0.3, 0.4) is 0 Å². The minimum absolute atomic E-state index is 0. The van der Waals surface area contributed by atoms with Crippen LogP contribution in [0.5, 0.6) is 0 Å². The molecule has 0 atom stereocenters. The Morgan fingerprint density at radius 2 is 1.78 bits per heavy atom. The fourth-order valence-corrected chi connectivity index (χ4v) is 4.54. The van der Waals surface area contributed by atoms with Gasteiger partial charge in [-0.1, -0.05) is 38.1 Å². The fraction of sp³-hybridized carbons (Fsp3) is 0.185. The first-order chi connectivity index (χ1) is 17.6. The molecule has 2 aromatic carbocycles. The Balaban J connectivity index is 0.00000280. The van der Waals surface area contributed by atoms with Gasteiger partial charge in [0.2, 0.25) is 11.7 Å². The van der Waals surface area contributed by atoms with Crippen LogP contribution in [0.2, 0.25) is 0 Å². The van der Waals surface area contributed by atoms with E-state index >= 15 is 0 Å². The van der Waals surface area contributed by atoms with E-state index in [2.05, 4.69) is 34.5 Å². The first-order valence-corrected chi connectivity index (χ1v) is 11.9. The molecule has 0 saturated heterocycles. The van der Waals surface area contributed by atoms with Crippen LogP contribution in [0, 0.1) is 0 Å². The Morgan fingerprint density at radius 1 is 0.946 bits per heavy atom. The van der Waals surface area contributed by atoms with Crippen LogP contribution < -0.4 is 5.56 Å². The third-order valence-electron chi connectivity index (χ3n) is 6.35. The second-order valence-electron chi connectivity index (χ2n) is 8.56. The number of rotatable bonds is 6. The number of benzene rings is 2. The number of hydrogen-bond acceptors (Lipinski definition) is 7. The SMILES string of the molecule is CCc1cc2c(ccc(=O)n2Cc2ccc3oc(-c4ccccc4-c4nn[nH]n4)nc3c2)c(CC)n1.Cl. The monoisotopic (exact) mass is 513 g/mol. The van der Waals surface area contributed by atoms with Crippen molar-refractivity contribution >= 4 is 34.4 Å². The first-order valence-electron chi connectivity index (χ1n) is 11.9. The highest BCUT2D eigenvalue weighted by molar-refractivity contribution is 5.85. The molecule has 9 nitrogen and oxygen atoms in total. The van der Waals surface area contributed by atoms with Gasteiger partial charge in [-0.05, 0) is 54.0 Å². The maximum Gasteiger partial charge on any atom is 0.251 e. The van der Waals surface area contributed by atoms with Crippen LogP contribution >= 0.6 is 12.4 Å². The molecule has 0 aliphatic heterocycles. The van der Waals surface area contributed by atoms with Gasteiger partial charge in [-0.2, -0.15) is 5.21 Å². The fourth-order valence-electron chi connectivity index (χ4n) is 4.54. The van der Waals surface area contributed by atoms with E-state index in [0.29, 0.717) is 29.4 Å². The lowest BCUT2D eigenvalue weighted by atomic mass is 10.1. The number of oxazole rings is 1. The maximum absolute atomic E-state index is 12.9. The molecule has 0 amide bonds. The number of aryl methyl sites for hydroxylation is 2. The molecule has 4 aromatic heterocycles. The molecule has 0 unspecified atom stereocenters. The molecule has 0 spiro atoms. The molecule has 0 aliphatic carbocycles. The summed E-state index contributed by atoms with van der Waals surface area (Å²) in [6, 6.07) is 19.0. The molecular weight excluding hydrogens is 490 g/mol. The Morgan fingerprint density at radius 3 is 2.54 bits per heavy atom. The summed E-state index contributed by atoms with van der Waals surface area (Å²) in [6.07, 6.45) is 1.62. The predicted molar refractivity (Wildman–Crippen MR) is 144 cm³/mol. The predicted octanol–water partition coefficient (Wildman–Crippen LogP) is 4.98. The molecule has 1 N–H and O–H groups in total. The van der Waals surface area contributed by atoms with Crippen molar-refractivity contribution in [2.45, 2.75) is 33.2 Å². The van der Waals surface area contributed by atoms with E-state index in [4.69, 9.17) is 14.4 Å². The molecule has 37 heavy (non-hydrogen) atoms. The molecule has 0 radical (unpaired) electrons. The zero-order valence-electron chi connectivity index (χ0n) is 20.3. The molecule has 186 valence electrons. The van der Waals surface area contributed by atoms with Gasteiger partial charge in [0.05, 0.1) is 12.1 Å². The summed E-state index contributed by atoms with van der Waals surface area (Å²) >= 11 is 0. The average molecular weight is 514 g/mol. The smallest absolute Gasteiger partial charge is 0.251 e. The van der Waals surface area contributed by atoms with Gasteiger partial charge in [-0.25, -0.2) is 4.98 Å². The summed E-state index contributed by atoms with van der Waals surface area (Å²) in [5.74, 6) is 0.937. The van der Waals surface area contributed by atoms with Crippen LogP contribution in [0.25, 0.3) is 44.8 Å². The zero-order chi connectivity index (χ0) is 24.6. The van der Waals surface area contributed by atoms with Crippen molar-refractivity contribution in [2.24, 2.45) is 0 Å². The van der Waals surface area contributed by atoms with Crippen molar-refractivity contribution in [1.82, 2.24) is 35.2 Å². The van der Waals surface area contributed by atoms with E-state index in [1.54, 1.807) is 6.07 Å². The molecule has 6 aromatic rings. The third-order valence-corrected chi connectivity index (χ3v) is 6.35. The van der Waals surface area contributed by atoms with Crippen LogP contribution in [0.4, 0.5) is 0 Å². The van der Waals surface area contributed by atoms with Crippen molar-refractivity contribution < 1.29 is 4.42 Å². The number of halogens is 1. The Hall–Kier alpha value is -4.37. The number of nitrogens with one attached hydrogen (secondary N) is 1. The summed E-state index contributed by atoms with van der Waals surface area (Å²) in [4.78, 5) is 22.4. The number of tetrazole rings is 1. The van der Waals surface area contributed by atoms with E-state index in [1.807, 2.05) is 59.2 Å². The van der Waals surface area contributed by atoms with Crippen molar-refractivity contribution in [1.29, 1.82) is 0 Å². The van der Waals surface area contributed by atoms with Gasteiger partial charge in [0.25, 0.3) is 5.56 Å². The number of pyridine rings is 2. The molecule has 4 heterocycles. The lowest BCUT2D eigenvalue weighted by Gasteiger charge is -2.13. The van der Waals surface area contributed by atoms with E-state index < -0.39 is 0 Å². The largest absolute Gasteiger partial charge is 0.436 e. The van der Waals surface area contributed by atoms with Crippen molar-refractivity contribution in [3.8, 4) is 22.8 Å². The summed E-state index contributed by atoms with van der Waals surface area (Å²) in [6.45, 7) is 4.58. The van der Waals surface area contributed by atoms with Gasteiger partial charge in [0, 0.05) is 34.0 Å². The first kappa shape index (κ1) is 24.3. The van der Waals surface area contributed by atoms with E-state index in [-0.39, 0.29) is 18.0 Å². The highest BCUT2D eigenvalue weighted by atomic mass is 35.5. The van der Waals surface area contributed by atoms with Gasteiger partial charge in [0.15, 0.2) is 5.58 Å². The molecular formula is C27H24ClN7O2. The van der Waals surface area contributed by atoms with Crippen molar-refractivity contribution in [3.63, 3.8) is 0 Å². The van der Waals surface area contributed by atoms with Gasteiger partial charge in [-0.3, -0.25) is 9.78 Å². The Labute approximate surface area is 218 Å². The van der Waals surface area contributed by atoms with Crippen LogP contribution in [-0.4, -0.2) is 35.2 Å². The van der Waals surface area contributed by atoms with Crippen LogP contribution in [0.15, 0.2) is 69.9 Å². The number of hydrogen-bond donors (Lipinski definition) is 1. The van der Waals surface area contributed by atoms with Crippen LogP contribution in [-0.2, 0) is 19.4 Å². The molecule has 0 fully saturated rings. The lowest BCUT2D eigenvalue weighted by molar-refractivity contribution is 0.620. The molecule has 6 rings (SSSR count). The zero-order valence-corrected chi connectivity index (χ0v) is 21.1. The number of H-pyrrole nitrogens is 1. The van der Waals surface area contributed by atoms with E-state index in [9.17, 15) is 4.79 Å². The quantitative estimate of drug-likeness (QED) is 0.334. The highest BCUT2D eigenvalue weighted by Crippen LogP contribution is 2.32. The number of nitrogens with zero attached hydrogens (tertiary/aromatic N) is 6. The maximum atomic E-state index is 12.9. The van der Waals surface area contributed by atoms with E-state index in [1.165, 1.54) is 0 Å². The minimum Gasteiger partial charge on any atom is -0.436 e. The standard InChI is InChI=1S/C27H23N7O2.ClH/c1-3-17-14-23-20(21(4-2)28-17)10-12-25(35)34(23)15-16-9-11-24-22(13-16)29-27(36-24)19-8-6-5-7-18(19)26-30-32-33-31-26;/h5-14H,3-4,15H2,1-2H3,(H,30,31,32,33);1H. The van der Waals surface area contributed by atoms with Gasteiger partial charge < -0.3 is 8.98 Å². The molecule has 0 saturated carbocycles. The number of aromatic nitrogens is 7. The second kappa shape index (κ2) is 9.94. The summed E-state index contributed by atoms with van der Waals surface area (Å²) in [5.41, 5.74) is 6.72. The Bertz CT molecular complexity index is 1770.